The van der Waals surface area contributed by atoms with Gasteiger partial charge in [-0.2, -0.15) is 0 Å². The van der Waals surface area contributed by atoms with Crippen LogP contribution in [0.3, 0.4) is 0 Å². The van der Waals surface area contributed by atoms with Crippen LogP contribution in [0.15, 0.2) is 18.2 Å². The van der Waals surface area contributed by atoms with Crippen LogP contribution < -0.4 is 5.73 Å². The number of hydrogen-bond acceptors (Lipinski definition) is 3. The van der Waals surface area contributed by atoms with Crippen LogP contribution in [-0.4, -0.2) is 30.7 Å². The van der Waals surface area contributed by atoms with Gasteiger partial charge in [-0.15, -0.1) is 0 Å². The van der Waals surface area contributed by atoms with Gasteiger partial charge < -0.3 is 10.5 Å². The average molecular weight is 283 g/mol. The zero-order valence-corrected chi connectivity index (χ0v) is 12.5. The largest absolute Gasteiger partial charge is 0.379 e. The quantitative estimate of drug-likeness (QED) is 0.815. The molecule has 1 aliphatic rings. The second-order valence-corrected chi connectivity index (χ2v) is 5.71. The normalized spacial score (nSPS) is 19.1. The summed E-state index contributed by atoms with van der Waals surface area (Å²) >= 11 is 6.27. The van der Waals surface area contributed by atoms with Gasteiger partial charge in [0.15, 0.2) is 0 Å². The summed E-state index contributed by atoms with van der Waals surface area (Å²) in [6, 6.07) is 6.41. The molecule has 1 atom stereocenters. The Morgan fingerprint density at radius 3 is 2.95 bits per heavy atom. The first-order valence-electron chi connectivity index (χ1n) is 6.96. The summed E-state index contributed by atoms with van der Waals surface area (Å²) in [4.78, 5) is 2.40. The SMILES string of the molecule is CC(C)OCCCN1Cc2c(Cl)cccc2C1CN. The van der Waals surface area contributed by atoms with Crippen molar-refractivity contribution in [3.8, 4) is 0 Å². The van der Waals surface area contributed by atoms with E-state index >= 15 is 0 Å². The lowest BCUT2D eigenvalue weighted by Crippen LogP contribution is -2.29. The van der Waals surface area contributed by atoms with E-state index in [4.69, 9.17) is 22.1 Å². The number of benzene rings is 1. The average Bonchev–Trinajstić information content (AvgIpc) is 2.73. The molecular formula is C15H23ClN2O. The maximum atomic E-state index is 6.27. The van der Waals surface area contributed by atoms with Crippen LogP contribution in [0.4, 0.5) is 0 Å². The van der Waals surface area contributed by atoms with E-state index in [1.807, 2.05) is 12.1 Å². The molecule has 0 spiro atoms. The summed E-state index contributed by atoms with van der Waals surface area (Å²) in [5.74, 6) is 0. The van der Waals surface area contributed by atoms with Gasteiger partial charge in [-0.25, -0.2) is 0 Å². The highest BCUT2D eigenvalue weighted by Gasteiger charge is 2.29. The van der Waals surface area contributed by atoms with E-state index in [0.717, 1.165) is 31.1 Å². The van der Waals surface area contributed by atoms with E-state index in [-0.39, 0.29) is 0 Å². The first-order valence-corrected chi connectivity index (χ1v) is 7.34. The number of halogens is 1. The second-order valence-electron chi connectivity index (χ2n) is 5.30. The summed E-state index contributed by atoms with van der Waals surface area (Å²) in [7, 11) is 0. The molecule has 0 saturated carbocycles. The Kier molecular flexibility index (Phi) is 5.22. The van der Waals surface area contributed by atoms with Crippen molar-refractivity contribution in [3.63, 3.8) is 0 Å². The van der Waals surface area contributed by atoms with Crippen LogP contribution in [-0.2, 0) is 11.3 Å². The van der Waals surface area contributed by atoms with Crippen LogP contribution in [0.1, 0.15) is 37.4 Å². The molecule has 0 saturated heterocycles. The Labute approximate surface area is 120 Å². The number of fused-ring (bicyclic) bond motifs is 1. The Morgan fingerprint density at radius 1 is 1.47 bits per heavy atom. The molecular weight excluding hydrogens is 260 g/mol. The van der Waals surface area contributed by atoms with Crippen molar-refractivity contribution in [2.75, 3.05) is 19.7 Å². The first-order chi connectivity index (χ1) is 9.13. The van der Waals surface area contributed by atoms with Crippen molar-refractivity contribution in [2.45, 2.75) is 39.0 Å². The second kappa shape index (κ2) is 6.71. The summed E-state index contributed by atoms with van der Waals surface area (Å²) in [5.41, 5.74) is 8.46. The highest BCUT2D eigenvalue weighted by molar-refractivity contribution is 6.31. The lowest BCUT2D eigenvalue weighted by Gasteiger charge is -2.23. The van der Waals surface area contributed by atoms with E-state index in [9.17, 15) is 0 Å². The molecule has 1 unspecified atom stereocenters. The van der Waals surface area contributed by atoms with E-state index in [2.05, 4.69) is 24.8 Å². The molecule has 3 nitrogen and oxygen atoms in total. The van der Waals surface area contributed by atoms with Gasteiger partial charge in [-0.3, -0.25) is 4.90 Å². The van der Waals surface area contributed by atoms with Crippen LogP contribution in [0.5, 0.6) is 0 Å². The molecule has 0 bridgehead atoms. The maximum absolute atomic E-state index is 6.27. The fraction of sp³-hybridized carbons (Fsp3) is 0.600. The number of hydrogen-bond donors (Lipinski definition) is 1. The van der Waals surface area contributed by atoms with Gasteiger partial charge in [0.1, 0.15) is 0 Å². The number of rotatable bonds is 6. The molecule has 2 rings (SSSR count). The van der Waals surface area contributed by atoms with E-state index < -0.39 is 0 Å². The maximum Gasteiger partial charge on any atom is 0.0518 e. The van der Waals surface area contributed by atoms with E-state index in [0.29, 0.717) is 18.7 Å². The van der Waals surface area contributed by atoms with Gasteiger partial charge in [0.25, 0.3) is 0 Å². The number of nitrogens with two attached hydrogens (primary N) is 1. The van der Waals surface area contributed by atoms with Crippen molar-refractivity contribution in [1.29, 1.82) is 0 Å². The topological polar surface area (TPSA) is 38.5 Å². The molecule has 1 aliphatic heterocycles. The fourth-order valence-corrected chi connectivity index (χ4v) is 2.90. The third kappa shape index (κ3) is 3.48. The van der Waals surface area contributed by atoms with Crippen LogP contribution in [0, 0.1) is 0 Å². The Hall–Kier alpha value is -0.610. The first kappa shape index (κ1) is 14.8. The molecule has 0 aromatic heterocycles. The van der Waals surface area contributed by atoms with Crippen LogP contribution >= 0.6 is 11.6 Å². The van der Waals surface area contributed by atoms with Crippen molar-refractivity contribution < 1.29 is 4.74 Å². The zero-order chi connectivity index (χ0) is 13.8. The van der Waals surface area contributed by atoms with Gasteiger partial charge >= 0.3 is 0 Å². The fourth-order valence-electron chi connectivity index (χ4n) is 2.66. The lowest BCUT2D eigenvalue weighted by molar-refractivity contribution is 0.0675. The monoisotopic (exact) mass is 282 g/mol. The molecule has 0 radical (unpaired) electrons. The van der Waals surface area contributed by atoms with Gasteiger partial charge in [-0.1, -0.05) is 23.7 Å². The van der Waals surface area contributed by atoms with Gasteiger partial charge in [0.05, 0.1) is 6.10 Å². The smallest absolute Gasteiger partial charge is 0.0518 e. The van der Waals surface area contributed by atoms with Gasteiger partial charge in [0, 0.05) is 37.3 Å². The number of ether oxygens (including phenoxy) is 1. The minimum Gasteiger partial charge on any atom is -0.379 e. The molecule has 0 aliphatic carbocycles. The van der Waals surface area contributed by atoms with E-state index in [1.54, 1.807) is 0 Å². The molecule has 106 valence electrons. The van der Waals surface area contributed by atoms with Gasteiger partial charge in [0.2, 0.25) is 0 Å². The minimum atomic E-state index is 0.299. The highest BCUT2D eigenvalue weighted by Crippen LogP contribution is 2.36. The molecule has 0 fully saturated rings. The Balaban J connectivity index is 1.95. The Bertz CT molecular complexity index is 423. The summed E-state index contributed by atoms with van der Waals surface area (Å²) in [6.45, 7) is 7.47. The van der Waals surface area contributed by atoms with Crippen molar-refractivity contribution in [2.24, 2.45) is 5.73 Å². The molecule has 0 amide bonds. The third-order valence-electron chi connectivity index (χ3n) is 3.58. The predicted molar refractivity (Wildman–Crippen MR) is 79.4 cm³/mol. The number of nitrogens with zero attached hydrogens (tertiary/aromatic N) is 1. The van der Waals surface area contributed by atoms with Crippen LogP contribution in [0.2, 0.25) is 5.02 Å². The Morgan fingerprint density at radius 2 is 2.26 bits per heavy atom. The predicted octanol–water partition coefficient (Wildman–Crippen LogP) is 2.97. The van der Waals surface area contributed by atoms with Gasteiger partial charge in [-0.05, 0) is 37.5 Å². The van der Waals surface area contributed by atoms with Crippen molar-refractivity contribution in [1.82, 2.24) is 4.90 Å². The minimum absolute atomic E-state index is 0.299. The highest BCUT2D eigenvalue weighted by atomic mass is 35.5. The van der Waals surface area contributed by atoms with Crippen molar-refractivity contribution >= 4 is 11.6 Å². The molecule has 2 N–H and O–H groups in total. The van der Waals surface area contributed by atoms with Crippen LogP contribution in [0.25, 0.3) is 0 Å². The lowest BCUT2D eigenvalue weighted by atomic mass is 10.1. The molecule has 1 aromatic carbocycles. The molecule has 1 aromatic rings. The standard InChI is InChI=1S/C15H23ClN2O/c1-11(2)19-8-4-7-18-10-13-12(15(18)9-17)5-3-6-14(13)16/h3,5-6,11,15H,4,7-10,17H2,1-2H3. The summed E-state index contributed by atoms with van der Waals surface area (Å²) in [6.07, 6.45) is 1.33. The third-order valence-corrected chi connectivity index (χ3v) is 3.93. The zero-order valence-electron chi connectivity index (χ0n) is 11.7. The molecule has 19 heavy (non-hydrogen) atoms. The summed E-state index contributed by atoms with van der Waals surface area (Å²) in [5, 5.41) is 0.858. The molecule has 1 heterocycles. The molecule has 4 heteroatoms. The summed E-state index contributed by atoms with van der Waals surface area (Å²) < 4.78 is 5.59. The van der Waals surface area contributed by atoms with Crippen molar-refractivity contribution in [3.05, 3.63) is 34.3 Å². The van der Waals surface area contributed by atoms with E-state index in [1.165, 1.54) is 11.1 Å².